The molecule has 0 saturated carbocycles. The van der Waals surface area contributed by atoms with E-state index >= 15 is 0 Å². The Morgan fingerprint density at radius 1 is 1.25 bits per heavy atom. The Kier molecular flexibility index (Phi) is 9.76. The van der Waals surface area contributed by atoms with Gasteiger partial charge in [-0.1, -0.05) is 29.3 Å². The maximum atomic E-state index is 11.8. The molecule has 0 fully saturated rings. The van der Waals surface area contributed by atoms with Crippen molar-refractivity contribution in [1.82, 2.24) is 10.2 Å². The number of nitrogens with zero attached hydrogens (tertiary/aromatic N) is 1. The SMILES string of the molecule is COCCCNC(=O)CCN(CCc1ccc(Cl)cc1Cl)C(C)=O. The van der Waals surface area contributed by atoms with E-state index in [-0.39, 0.29) is 18.2 Å². The molecule has 0 bridgehead atoms. The molecule has 1 N–H and O–H groups in total. The molecule has 1 rings (SSSR count). The summed E-state index contributed by atoms with van der Waals surface area (Å²) in [7, 11) is 1.62. The highest BCUT2D eigenvalue weighted by Crippen LogP contribution is 2.21. The van der Waals surface area contributed by atoms with E-state index in [1.165, 1.54) is 6.92 Å². The van der Waals surface area contributed by atoms with Crippen molar-refractivity contribution >= 4 is 35.0 Å². The van der Waals surface area contributed by atoms with Crippen LogP contribution in [0.2, 0.25) is 10.0 Å². The van der Waals surface area contributed by atoms with Crippen LogP contribution in [-0.2, 0) is 20.7 Å². The third-order valence-corrected chi connectivity index (χ3v) is 4.15. The van der Waals surface area contributed by atoms with Gasteiger partial charge in [-0.25, -0.2) is 0 Å². The van der Waals surface area contributed by atoms with Crippen LogP contribution in [0, 0.1) is 0 Å². The Morgan fingerprint density at radius 2 is 2.00 bits per heavy atom. The molecule has 5 nitrogen and oxygen atoms in total. The van der Waals surface area contributed by atoms with Gasteiger partial charge >= 0.3 is 0 Å². The number of ether oxygens (including phenoxy) is 1. The number of halogens is 2. The van der Waals surface area contributed by atoms with E-state index in [4.69, 9.17) is 27.9 Å². The molecule has 24 heavy (non-hydrogen) atoms. The molecule has 0 spiro atoms. The van der Waals surface area contributed by atoms with E-state index in [1.54, 1.807) is 24.1 Å². The monoisotopic (exact) mass is 374 g/mol. The fourth-order valence-corrected chi connectivity index (χ4v) is 2.68. The van der Waals surface area contributed by atoms with E-state index in [0.29, 0.717) is 42.7 Å². The lowest BCUT2D eigenvalue weighted by Gasteiger charge is -2.21. The Bertz CT molecular complexity index is 553. The van der Waals surface area contributed by atoms with Crippen LogP contribution >= 0.6 is 23.2 Å². The molecular weight excluding hydrogens is 351 g/mol. The van der Waals surface area contributed by atoms with Gasteiger partial charge in [0.2, 0.25) is 11.8 Å². The van der Waals surface area contributed by atoms with Crippen LogP contribution in [0.15, 0.2) is 18.2 Å². The van der Waals surface area contributed by atoms with E-state index in [0.717, 1.165) is 12.0 Å². The van der Waals surface area contributed by atoms with E-state index in [1.807, 2.05) is 6.07 Å². The van der Waals surface area contributed by atoms with Gasteiger partial charge in [0.1, 0.15) is 0 Å². The van der Waals surface area contributed by atoms with Crippen LogP contribution in [0.5, 0.6) is 0 Å². The highest BCUT2D eigenvalue weighted by Gasteiger charge is 2.12. The van der Waals surface area contributed by atoms with Crippen molar-refractivity contribution in [2.75, 3.05) is 33.4 Å². The lowest BCUT2D eigenvalue weighted by molar-refractivity contribution is -0.129. The number of benzene rings is 1. The van der Waals surface area contributed by atoms with Crippen molar-refractivity contribution in [2.45, 2.75) is 26.2 Å². The summed E-state index contributed by atoms with van der Waals surface area (Å²) in [5.41, 5.74) is 0.927. The summed E-state index contributed by atoms with van der Waals surface area (Å²) in [5.74, 6) is -0.130. The van der Waals surface area contributed by atoms with Crippen molar-refractivity contribution < 1.29 is 14.3 Å². The first-order valence-corrected chi connectivity index (χ1v) is 8.64. The Morgan fingerprint density at radius 3 is 2.62 bits per heavy atom. The summed E-state index contributed by atoms with van der Waals surface area (Å²) in [4.78, 5) is 25.2. The highest BCUT2D eigenvalue weighted by atomic mass is 35.5. The van der Waals surface area contributed by atoms with Gasteiger partial charge in [0, 0.05) is 56.7 Å². The van der Waals surface area contributed by atoms with Crippen LogP contribution in [0.25, 0.3) is 0 Å². The molecule has 1 aromatic rings. The largest absolute Gasteiger partial charge is 0.385 e. The fourth-order valence-electron chi connectivity index (χ4n) is 2.18. The Balaban J connectivity index is 2.41. The van der Waals surface area contributed by atoms with Crippen molar-refractivity contribution in [3.8, 4) is 0 Å². The minimum Gasteiger partial charge on any atom is -0.385 e. The van der Waals surface area contributed by atoms with Gasteiger partial charge in [-0.05, 0) is 30.5 Å². The third kappa shape index (κ3) is 7.99. The van der Waals surface area contributed by atoms with Crippen molar-refractivity contribution in [3.05, 3.63) is 33.8 Å². The molecule has 2 amide bonds. The molecule has 7 heteroatoms. The quantitative estimate of drug-likeness (QED) is 0.640. The molecule has 0 saturated heterocycles. The maximum absolute atomic E-state index is 11.8. The van der Waals surface area contributed by atoms with Crippen LogP contribution < -0.4 is 5.32 Å². The fraction of sp³-hybridized carbons (Fsp3) is 0.529. The zero-order valence-electron chi connectivity index (χ0n) is 14.1. The topological polar surface area (TPSA) is 58.6 Å². The standard InChI is InChI=1S/C17H24Cl2N2O3/c1-13(22)21(10-7-17(23)20-8-3-11-24-2)9-6-14-4-5-15(18)12-16(14)19/h4-5,12H,3,6-11H2,1-2H3,(H,20,23). The molecule has 0 atom stereocenters. The van der Waals surface area contributed by atoms with E-state index in [9.17, 15) is 9.59 Å². The van der Waals surface area contributed by atoms with E-state index < -0.39 is 0 Å². The molecule has 0 unspecified atom stereocenters. The molecule has 0 aliphatic rings. The second-order valence-corrected chi connectivity index (χ2v) is 6.28. The summed E-state index contributed by atoms with van der Waals surface area (Å²) in [6.45, 7) is 3.58. The number of hydrogen-bond donors (Lipinski definition) is 1. The van der Waals surface area contributed by atoms with Gasteiger partial charge < -0.3 is 15.0 Å². The Labute approximate surface area is 153 Å². The smallest absolute Gasteiger partial charge is 0.221 e. The van der Waals surface area contributed by atoms with E-state index in [2.05, 4.69) is 5.32 Å². The normalized spacial score (nSPS) is 10.5. The first-order chi connectivity index (χ1) is 11.4. The summed E-state index contributed by atoms with van der Waals surface area (Å²) in [5, 5.41) is 3.97. The van der Waals surface area contributed by atoms with Gasteiger partial charge in [0.15, 0.2) is 0 Å². The number of amides is 2. The van der Waals surface area contributed by atoms with Crippen molar-refractivity contribution in [1.29, 1.82) is 0 Å². The lowest BCUT2D eigenvalue weighted by atomic mass is 10.1. The van der Waals surface area contributed by atoms with Gasteiger partial charge in [-0.2, -0.15) is 0 Å². The number of carbonyl (C=O) groups excluding carboxylic acids is 2. The van der Waals surface area contributed by atoms with Crippen LogP contribution in [0.3, 0.4) is 0 Å². The molecule has 0 aliphatic carbocycles. The van der Waals surface area contributed by atoms with Crippen LogP contribution in [0.4, 0.5) is 0 Å². The number of methoxy groups -OCH3 is 1. The minimum atomic E-state index is -0.0677. The second kappa shape index (κ2) is 11.3. The number of carbonyl (C=O) groups is 2. The van der Waals surface area contributed by atoms with Crippen LogP contribution in [-0.4, -0.2) is 50.1 Å². The first kappa shape index (κ1) is 20.7. The maximum Gasteiger partial charge on any atom is 0.221 e. The van der Waals surface area contributed by atoms with Gasteiger partial charge in [0.05, 0.1) is 0 Å². The zero-order chi connectivity index (χ0) is 17.9. The van der Waals surface area contributed by atoms with Gasteiger partial charge in [-0.3, -0.25) is 9.59 Å². The average molecular weight is 375 g/mol. The number of hydrogen-bond acceptors (Lipinski definition) is 3. The third-order valence-electron chi connectivity index (χ3n) is 3.57. The summed E-state index contributed by atoms with van der Waals surface area (Å²) >= 11 is 12.0. The molecular formula is C17H24Cl2N2O3. The highest BCUT2D eigenvalue weighted by molar-refractivity contribution is 6.35. The molecule has 0 aromatic heterocycles. The summed E-state index contributed by atoms with van der Waals surface area (Å²) in [6.07, 6.45) is 1.67. The Hall–Kier alpha value is -1.30. The number of nitrogens with one attached hydrogen (secondary N) is 1. The molecule has 0 heterocycles. The lowest BCUT2D eigenvalue weighted by Crippen LogP contribution is -2.35. The number of rotatable bonds is 10. The van der Waals surface area contributed by atoms with Gasteiger partial charge in [0.25, 0.3) is 0 Å². The predicted molar refractivity (Wildman–Crippen MR) is 96.5 cm³/mol. The zero-order valence-corrected chi connectivity index (χ0v) is 15.6. The molecule has 1 aromatic carbocycles. The molecule has 0 aliphatic heterocycles. The molecule has 0 radical (unpaired) electrons. The second-order valence-electron chi connectivity index (χ2n) is 5.44. The minimum absolute atomic E-state index is 0.0627. The van der Waals surface area contributed by atoms with Crippen molar-refractivity contribution in [3.63, 3.8) is 0 Å². The van der Waals surface area contributed by atoms with Crippen LogP contribution in [0.1, 0.15) is 25.3 Å². The van der Waals surface area contributed by atoms with Gasteiger partial charge in [-0.15, -0.1) is 0 Å². The first-order valence-electron chi connectivity index (χ1n) is 7.89. The predicted octanol–water partition coefficient (Wildman–Crippen LogP) is 2.93. The summed E-state index contributed by atoms with van der Waals surface area (Å²) < 4.78 is 4.92. The van der Waals surface area contributed by atoms with Crippen molar-refractivity contribution in [2.24, 2.45) is 0 Å². The molecule has 134 valence electrons. The summed E-state index contributed by atoms with van der Waals surface area (Å²) in [6, 6.07) is 5.31. The average Bonchev–Trinajstić information content (AvgIpc) is 2.52.